The van der Waals surface area contributed by atoms with Crippen LogP contribution in [0.4, 0.5) is 0 Å². The fourth-order valence-corrected chi connectivity index (χ4v) is 1.82. The number of unbranched alkanes of at least 4 members (excludes halogenated alkanes) is 5. The van der Waals surface area contributed by atoms with Crippen LogP contribution >= 0.6 is 0 Å². The molecule has 0 unspecified atom stereocenters. The summed E-state index contributed by atoms with van der Waals surface area (Å²) in [4.78, 5) is 10.3. The first-order valence-corrected chi connectivity index (χ1v) is 7.87. The van der Waals surface area contributed by atoms with Crippen LogP contribution in [0.25, 0.3) is 0 Å². The summed E-state index contributed by atoms with van der Waals surface area (Å²) in [6.45, 7) is 3.67. The maximum atomic E-state index is 10.3. The van der Waals surface area contributed by atoms with E-state index < -0.39 is 5.97 Å². The van der Waals surface area contributed by atoms with Gasteiger partial charge >= 0.3 is 5.97 Å². The van der Waals surface area contributed by atoms with Crippen molar-refractivity contribution in [2.24, 2.45) is 0 Å². The molecule has 3 nitrogen and oxygen atoms in total. The Morgan fingerprint density at radius 3 is 2.45 bits per heavy atom. The first-order chi connectivity index (χ1) is 9.77. The number of ether oxygens (including phenoxy) is 1. The first-order valence-electron chi connectivity index (χ1n) is 7.87. The van der Waals surface area contributed by atoms with Crippen molar-refractivity contribution in [1.82, 2.24) is 0 Å². The molecule has 0 amide bonds. The Morgan fingerprint density at radius 2 is 1.70 bits per heavy atom. The molecule has 3 heteroatoms. The number of carboxylic acids is 1. The molecule has 0 aliphatic rings. The second kappa shape index (κ2) is 16.0. The first kappa shape index (κ1) is 18.9. The van der Waals surface area contributed by atoms with Crippen LogP contribution in [0, 0.1) is 0 Å². The van der Waals surface area contributed by atoms with Gasteiger partial charge in [0.1, 0.15) is 0 Å². The van der Waals surface area contributed by atoms with Crippen LogP contribution in [0.2, 0.25) is 0 Å². The summed E-state index contributed by atoms with van der Waals surface area (Å²) in [5.74, 6) is -0.680. The van der Waals surface area contributed by atoms with E-state index in [-0.39, 0.29) is 0 Å². The molecule has 20 heavy (non-hydrogen) atoms. The number of aliphatic carboxylic acids is 1. The average Bonchev–Trinajstić information content (AvgIpc) is 2.43. The molecular formula is C17H30O3. The highest BCUT2D eigenvalue weighted by Crippen LogP contribution is 2.07. The summed E-state index contributed by atoms with van der Waals surface area (Å²) in [6, 6.07) is 0. The lowest BCUT2D eigenvalue weighted by Gasteiger charge is -1.98. The van der Waals surface area contributed by atoms with Crippen molar-refractivity contribution in [2.45, 2.75) is 64.7 Å². The van der Waals surface area contributed by atoms with E-state index in [4.69, 9.17) is 9.84 Å². The Balaban J connectivity index is 3.17. The van der Waals surface area contributed by atoms with Crippen molar-refractivity contribution >= 4 is 5.97 Å². The molecule has 0 aliphatic carbocycles. The van der Waals surface area contributed by atoms with E-state index >= 15 is 0 Å². The monoisotopic (exact) mass is 282 g/mol. The summed E-state index contributed by atoms with van der Waals surface area (Å²) in [5.41, 5.74) is 0. The van der Waals surface area contributed by atoms with E-state index in [0.29, 0.717) is 6.42 Å². The van der Waals surface area contributed by atoms with Crippen LogP contribution in [-0.4, -0.2) is 24.3 Å². The van der Waals surface area contributed by atoms with Gasteiger partial charge in [-0.1, -0.05) is 50.5 Å². The summed E-state index contributed by atoms with van der Waals surface area (Å²) in [6.07, 6.45) is 17.5. The Labute approximate surface area is 123 Å². The molecule has 0 aromatic carbocycles. The zero-order valence-corrected chi connectivity index (χ0v) is 12.9. The van der Waals surface area contributed by atoms with Crippen LogP contribution in [0.1, 0.15) is 64.7 Å². The molecule has 0 saturated carbocycles. The van der Waals surface area contributed by atoms with Gasteiger partial charge in [0.2, 0.25) is 0 Å². The number of carbonyl (C=O) groups is 1. The van der Waals surface area contributed by atoms with Crippen molar-refractivity contribution in [3.05, 3.63) is 24.3 Å². The molecule has 1 N–H and O–H groups in total. The van der Waals surface area contributed by atoms with Gasteiger partial charge in [0.25, 0.3) is 0 Å². The van der Waals surface area contributed by atoms with Gasteiger partial charge < -0.3 is 9.84 Å². The molecule has 0 radical (unpaired) electrons. The van der Waals surface area contributed by atoms with Gasteiger partial charge in [0.05, 0.1) is 6.61 Å². The Bertz CT molecular complexity index is 269. The Morgan fingerprint density at radius 1 is 1.00 bits per heavy atom. The molecule has 0 aromatic heterocycles. The highest BCUT2D eigenvalue weighted by Gasteiger charge is 1.95. The quantitative estimate of drug-likeness (QED) is 0.370. The fourth-order valence-electron chi connectivity index (χ4n) is 1.82. The van der Waals surface area contributed by atoms with Gasteiger partial charge in [-0.3, -0.25) is 4.79 Å². The third-order valence-corrected chi connectivity index (χ3v) is 2.93. The van der Waals surface area contributed by atoms with Crippen LogP contribution in [0.3, 0.4) is 0 Å². The fraction of sp³-hybridized carbons (Fsp3) is 0.706. The molecule has 0 heterocycles. The van der Waals surface area contributed by atoms with Crippen LogP contribution < -0.4 is 0 Å². The molecule has 0 bridgehead atoms. The largest absolute Gasteiger partial charge is 0.481 e. The normalized spacial score (nSPS) is 11.7. The molecule has 0 aliphatic heterocycles. The number of hydrogen-bond acceptors (Lipinski definition) is 2. The minimum Gasteiger partial charge on any atom is -0.481 e. The molecule has 116 valence electrons. The predicted molar refractivity (Wildman–Crippen MR) is 84.0 cm³/mol. The molecule has 0 saturated heterocycles. The molecule has 0 rings (SSSR count). The van der Waals surface area contributed by atoms with Gasteiger partial charge in [0.15, 0.2) is 0 Å². The lowest BCUT2D eigenvalue weighted by Crippen LogP contribution is -1.93. The van der Waals surface area contributed by atoms with Crippen LogP contribution in [0.15, 0.2) is 24.3 Å². The van der Waals surface area contributed by atoms with Crippen LogP contribution in [-0.2, 0) is 9.53 Å². The molecule has 0 aromatic rings. The number of allylic oxidation sites excluding steroid dienone is 3. The third-order valence-electron chi connectivity index (χ3n) is 2.93. The maximum Gasteiger partial charge on any atom is 0.303 e. The lowest BCUT2D eigenvalue weighted by atomic mass is 10.1. The smallest absolute Gasteiger partial charge is 0.303 e. The van der Waals surface area contributed by atoms with E-state index in [1.807, 2.05) is 0 Å². The van der Waals surface area contributed by atoms with Gasteiger partial charge in [-0.15, -0.1) is 0 Å². The molecular weight excluding hydrogens is 252 g/mol. The van der Waals surface area contributed by atoms with Gasteiger partial charge in [-0.2, -0.15) is 0 Å². The zero-order chi connectivity index (χ0) is 14.9. The third kappa shape index (κ3) is 16.9. The van der Waals surface area contributed by atoms with Gasteiger partial charge in [0, 0.05) is 13.0 Å². The number of carboxylic acid groups (broad SMARTS) is 1. The summed E-state index contributed by atoms with van der Waals surface area (Å²) in [5, 5.41) is 8.49. The number of hydrogen-bond donors (Lipinski definition) is 1. The summed E-state index contributed by atoms with van der Waals surface area (Å²) >= 11 is 0. The zero-order valence-electron chi connectivity index (χ0n) is 12.9. The summed E-state index contributed by atoms with van der Waals surface area (Å²) < 4.78 is 5.34. The van der Waals surface area contributed by atoms with Crippen LogP contribution in [0.5, 0.6) is 0 Å². The van der Waals surface area contributed by atoms with Crippen molar-refractivity contribution in [3.63, 3.8) is 0 Å². The Hall–Kier alpha value is -1.09. The highest BCUT2D eigenvalue weighted by molar-refractivity contribution is 5.66. The highest BCUT2D eigenvalue weighted by atomic mass is 16.5. The second-order valence-corrected chi connectivity index (χ2v) is 4.95. The van der Waals surface area contributed by atoms with Gasteiger partial charge in [-0.05, 0) is 32.1 Å². The van der Waals surface area contributed by atoms with Crippen molar-refractivity contribution in [2.75, 3.05) is 13.2 Å². The second-order valence-electron chi connectivity index (χ2n) is 4.95. The topological polar surface area (TPSA) is 46.5 Å². The van der Waals surface area contributed by atoms with E-state index in [1.54, 1.807) is 0 Å². The number of rotatable bonds is 14. The minimum absolute atomic E-state index is 0.314. The lowest BCUT2D eigenvalue weighted by molar-refractivity contribution is -0.137. The predicted octanol–water partition coefficient (Wildman–Crippen LogP) is 4.73. The van der Waals surface area contributed by atoms with E-state index in [1.165, 1.54) is 12.8 Å². The van der Waals surface area contributed by atoms with Gasteiger partial charge in [-0.25, -0.2) is 0 Å². The molecule has 0 atom stereocenters. The SMILES string of the molecule is CCCOC/C=C/C/C=C/CCCCCCCC(=O)O. The molecule has 0 fully saturated rings. The van der Waals surface area contributed by atoms with E-state index in [2.05, 4.69) is 31.2 Å². The molecule has 0 spiro atoms. The van der Waals surface area contributed by atoms with Crippen molar-refractivity contribution < 1.29 is 14.6 Å². The van der Waals surface area contributed by atoms with Crippen molar-refractivity contribution in [1.29, 1.82) is 0 Å². The van der Waals surface area contributed by atoms with E-state index in [9.17, 15) is 4.79 Å². The summed E-state index contributed by atoms with van der Waals surface area (Å²) in [7, 11) is 0. The Kier molecular flexibility index (Phi) is 15.1. The average molecular weight is 282 g/mol. The van der Waals surface area contributed by atoms with Crippen molar-refractivity contribution in [3.8, 4) is 0 Å². The standard InChI is InChI=1S/C17H30O3/c1-2-15-20-16-13-11-9-7-5-3-4-6-8-10-12-14-17(18)19/h5,7,11,13H,2-4,6,8-10,12,14-16H2,1H3,(H,18,19)/b7-5+,13-11+. The van der Waals surface area contributed by atoms with E-state index in [0.717, 1.165) is 51.7 Å². The maximum absolute atomic E-state index is 10.3. The minimum atomic E-state index is -0.680.